The number of piperidine rings is 1. The number of nitrogens with one attached hydrogen (secondary N) is 2. The molecule has 0 bridgehead atoms. The van der Waals surface area contributed by atoms with Crippen LogP contribution in [0.1, 0.15) is 18.4 Å². The van der Waals surface area contributed by atoms with Gasteiger partial charge >= 0.3 is 0 Å². The molecule has 1 aliphatic rings. The van der Waals surface area contributed by atoms with Crippen LogP contribution < -0.4 is 10.6 Å². The Kier molecular flexibility index (Phi) is 10.6. The van der Waals surface area contributed by atoms with Crippen LogP contribution >= 0.6 is 47.1 Å². The number of halogens is 2. The molecule has 8 heteroatoms. The lowest BCUT2D eigenvalue weighted by Crippen LogP contribution is -2.48. The van der Waals surface area contributed by atoms with Crippen molar-refractivity contribution in [2.75, 3.05) is 32.4 Å². The van der Waals surface area contributed by atoms with Crippen molar-refractivity contribution in [1.82, 2.24) is 15.5 Å². The van der Waals surface area contributed by atoms with Crippen molar-refractivity contribution >= 4 is 53.0 Å². The van der Waals surface area contributed by atoms with Gasteiger partial charge in [0, 0.05) is 49.9 Å². The average molecular weight is 535 g/mol. The Morgan fingerprint density at radius 1 is 1.29 bits per heavy atom. The Hall–Kier alpha value is -0.840. The summed E-state index contributed by atoms with van der Waals surface area (Å²) < 4.78 is 13.6. The van der Waals surface area contributed by atoms with Gasteiger partial charge in [0.05, 0.1) is 0 Å². The van der Waals surface area contributed by atoms with Crippen LogP contribution in [0.3, 0.4) is 0 Å². The predicted octanol–water partition coefficient (Wildman–Crippen LogP) is 4.43. The van der Waals surface area contributed by atoms with E-state index in [1.807, 2.05) is 12.1 Å². The molecule has 1 fully saturated rings. The fourth-order valence-corrected chi connectivity index (χ4v) is 4.62. The summed E-state index contributed by atoms with van der Waals surface area (Å²) in [6, 6.07) is 9.56. The largest absolute Gasteiger partial charge is 0.356 e. The molecule has 4 nitrogen and oxygen atoms in total. The van der Waals surface area contributed by atoms with Crippen molar-refractivity contribution in [3.8, 4) is 0 Å². The number of hydrogen-bond acceptors (Lipinski definition) is 4. The first-order valence-corrected chi connectivity index (χ1v) is 11.3. The van der Waals surface area contributed by atoms with E-state index in [2.05, 4.69) is 37.4 Å². The van der Waals surface area contributed by atoms with Gasteiger partial charge in [0.1, 0.15) is 5.82 Å². The molecule has 0 atom stereocenters. The van der Waals surface area contributed by atoms with Crippen molar-refractivity contribution in [3.05, 3.63) is 52.5 Å². The molecule has 0 radical (unpaired) electrons. The molecule has 1 saturated heterocycles. The molecule has 0 saturated carbocycles. The minimum Gasteiger partial charge on any atom is -0.356 e. The molecule has 0 spiro atoms. The zero-order valence-electron chi connectivity index (χ0n) is 16.1. The molecule has 2 N–H and O–H groups in total. The quantitative estimate of drug-likeness (QED) is 0.181. The van der Waals surface area contributed by atoms with Crippen molar-refractivity contribution in [2.45, 2.75) is 30.3 Å². The first kappa shape index (κ1) is 23.4. The molecule has 154 valence electrons. The molecule has 1 aliphatic heterocycles. The summed E-state index contributed by atoms with van der Waals surface area (Å²) in [4.78, 5) is 7.53. The molecule has 0 aliphatic carbocycles. The van der Waals surface area contributed by atoms with Crippen molar-refractivity contribution in [3.63, 3.8) is 0 Å². The third-order valence-corrected chi connectivity index (χ3v) is 6.41. The average Bonchev–Trinajstić information content (AvgIpc) is 3.20. The zero-order valence-corrected chi connectivity index (χ0v) is 20.0. The van der Waals surface area contributed by atoms with E-state index in [0.717, 1.165) is 50.7 Å². The molecule has 2 heterocycles. The van der Waals surface area contributed by atoms with Crippen LogP contribution in [0.4, 0.5) is 4.39 Å². The lowest BCUT2D eigenvalue weighted by atomic mass is 10.0. The highest BCUT2D eigenvalue weighted by Gasteiger charge is 2.20. The van der Waals surface area contributed by atoms with Crippen LogP contribution in [0.2, 0.25) is 0 Å². The van der Waals surface area contributed by atoms with E-state index in [9.17, 15) is 4.39 Å². The number of thiophene rings is 1. The normalized spacial score (nSPS) is 15.9. The number of nitrogens with zero attached hydrogens (tertiary/aromatic N) is 2. The maximum atomic E-state index is 13.6. The lowest BCUT2D eigenvalue weighted by Gasteiger charge is -2.32. The molecule has 0 amide bonds. The smallest absolute Gasteiger partial charge is 0.191 e. The van der Waals surface area contributed by atoms with Crippen LogP contribution in [-0.2, 0) is 6.54 Å². The maximum Gasteiger partial charge on any atom is 0.191 e. The highest BCUT2D eigenvalue weighted by molar-refractivity contribution is 14.0. The van der Waals surface area contributed by atoms with Gasteiger partial charge in [-0.2, -0.15) is 11.3 Å². The fourth-order valence-electron chi connectivity index (χ4n) is 3.16. The molecule has 2 aromatic rings. The van der Waals surface area contributed by atoms with E-state index in [1.165, 1.54) is 23.4 Å². The van der Waals surface area contributed by atoms with E-state index < -0.39 is 0 Å². The molecular weight excluding hydrogens is 506 g/mol. The van der Waals surface area contributed by atoms with Crippen molar-refractivity contribution < 1.29 is 4.39 Å². The minimum absolute atomic E-state index is 0. The summed E-state index contributed by atoms with van der Waals surface area (Å²) in [5.41, 5.74) is 1.41. The first-order chi connectivity index (χ1) is 13.2. The van der Waals surface area contributed by atoms with Crippen molar-refractivity contribution in [1.29, 1.82) is 0 Å². The van der Waals surface area contributed by atoms with Gasteiger partial charge in [0.15, 0.2) is 5.96 Å². The number of rotatable bonds is 7. The summed E-state index contributed by atoms with van der Waals surface area (Å²) in [5.74, 6) is 1.47. The highest BCUT2D eigenvalue weighted by Crippen LogP contribution is 2.20. The maximum absolute atomic E-state index is 13.6. The Labute approximate surface area is 192 Å². The second-order valence-corrected chi connectivity index (χ2v) is 8.52. The monoisotopic (exact) mass is 534 g/mol. The van der Waals surface area contributed by atoms with Gasteiger partial charge in [0.25, 0.3) is 0 Å². The molecule has 1 aromatic heterocycles. The van der Waals surface area contributed by atoms with Gasteiger partial charge in [-0.25, -0.2) is 4.39 Å². The Morgan fingerprint density at radius 3 is 2.75 bits per heavy atom. The van der Waals surface area contributed by atoms with Gasteiger partial charge in [-0.1, -0.05) is 12.1 Å². The first-order valence-electron chi connectivity index (χ1n) is 9.32. The topological polar surface area (TPSA) is 39.7 Å². The van der Waals surface area contributed by atoms with Crippen LogP contribution in [0.5, 0.6) is 0 Å². The highest BCUT2D eigenvalue weighted by atomic mass is 127. The number of aliphatic imine (C=N–C) groups is 1. The number of likely N-dealkylation sites (tertiary alicyclic amines) is 1. The molecule has 0 unspecified atom stereocenters. The second-order valence-electron chi connectivity index (χ2n) is 6.60. The summed E-state index contributed by atoms with van der Waals surface area (Å²) in [6.45, 7) is 4.01. The fraction of sp³-hybridized carbons (Fsp3) is 0.450. The van der Waals surface area contributed by atoms with Crippen molar-refractivity contribution in [2.24, 2.45) is 4.99 Å². The Morgan fingerprint density at radius 2 is 2.07 bits per heavy atom. The van der Waals surface area contributed by atoms with Gasteiger partial charge in [-0.3, -0.25) is 9.89 Å². The standard InChI is InChI=1S/C20H27FN4S2.HI/c1-22-20(23-9-13-27-19-5-3-2-4-18(19)21)24-17-6-10-25(11-7-17)14-16-8-12-26-15-16;/h2-5,8,12,15,17H,6-7,9-11,13-14H2,1H3,(H2,22,23,24);1H. The van der Waals surface area contributed by atoms with E-state index in [1.54, 1.807) is 24.5 Å². The summed E-state index contributed by atoms with van der Waals surface area (Å²) in [5, 5.41) is 11.2. The number of thioether (sulfide) groups is 1. The summed E-state index contributed by atoms with van der Waals surface area (Å²) in [7, 11) is 1.80. The van der Waals surface area contributed by atoms with Crippen LogP contribution in [0, 0.1) is 5.82 Å². The molecule has 28 heavy (non-hydrogen) atoms. The van der Waals surface area contributed by atoms with Crippen LogP contribution in [0.25, 0.3) is 0 Å². The van der Waals surface area contributed by atoms with Gasteiger partial charge in [-0.15, -0.1) is 35.7 Å². The third kappa shape index (κ3) is 7.53. The van der Waals surface area contributed by atoms with Gasteiger partial charge < -0.3 is 10.6 Å². The molecular formula is C20H28FIN4S2. The summed E-state index contributed by atoms with van der Waals surface area (Å²) in [6.07, 6.45) is 2.24. The minimum atomic E-state index is -0.154. The number of guanidine groups is 1. The van der Waals surface area contributed by atoms with E-state index in [0.29, 0.717) is 10.9 Å². The van der Waals surface area contributed by atoms with E-state index in [4.69, 9.17) is 0 Å². The Bertz CT molecular complexity index is 719. The zero-order chi connectivity index (χ0) is 18.9. The second kappa shape index (κ2) is 12.7. The predicted molar refractivity (Wildman–Crippen MR) is 130 cm³/mol. The van der Waals surface area contributed by atoms with Crippen LogP contribution in [-0.4, -0.2) is 49.3 Å². The third-order valence-electron chi connectivity index (χ3n) is 4.63. The van der Waals surface area contributed by atoms with Gasteiger partial charge in [0.2, 0.25) is 0 Å². The molecule has 1 aromatic carbocycles. The SMILES string of the molecule is CN=C(NCCSc1ccccc1F)NC1CCN(Cc2ccsc2)CC1.I. The number of hydrogen-bond donors (Lipinski definition) is 2. The molecule has 3 rings (SSSR count). The Balaban J connectivity index is 0.00000280. The number of benzene rings is 1. The van der Waals surface area contributed by atoms with E-state index >= 15 is 0 Å². The van der Waals surface area contributed by atoms with Crippen LogP contribution in [0.15, 0.2) is 51.0 Å². The van der Waals surface area contributed by atoms with Gasteiger partial charge in [-0.05, 0) is 47.4 Å². The van der Waals surface area contributed by atoms with E-state index in [-0.39, 0.29) is 29.8 Å². The lowest BCUT2D eigenvalue weighted by molar-refractivity contribution is 0.198. The summed E-state index contributed by atoms with van der Waals surface area (Å²) >= 11 is 3.28.